The number of hydrogen-bond acceptors (Lipinski definition) is 6. The minimum absolute atomic E-state index is 0.239. The number of rotatable bonds is 3. The fraction of sp³-hybridized carbons (Fsp3) is 0.733. The zero-order valence-electron chi connectivity index (χ0n) is 12.3. The van der Waals surface area contributed by atoms with Crippen molar-refractivity contribution in [2.45, 2.75) is 44.2 Å². The lowest BCUT2D eigenvalue weighted by Crippen LogP contribution is -2.28. The van der Waals surface area contributed by atoms with Crippen LogP contribution in [0.4, 0.5) is 17.6 Å². The smallest absolute Gasteiger partial charge is 0.223 e. The van der Waals surface area contributed by atoms with E-state index in [1.54, 1.807) is 0 Å². The molecule has 1 saturated heterocycles. The van der Waals surface area contributed by atoms with Crippen LogP contribution in [-0.4, -0.2) is 35.1 Å². The van der Waals surface area contributed by atoms with Crippen LogP contribution in [0.2, 0.25) is 0 Å². The third-order valence-electron chi connectivity index (χ3n) is 5.35. The maximum atomic E-state index is 5.98. The van der Waals surface area contributed by atoms with Crippen LogP contribution in [0.15, 0.2) is 6.07 Å². The Morgan fingerprint density at radius 3 is 2.76 bits per heavy atom. The standard InChI is InChI=1S/C15H24N6/c16-11-3-4-21(8-11)14-7-13(19-15(17)20-14)18-12-6-9-1-2-10(12)5-9/h7,9-12H,1-6,8,16H2,(H3,17,18,19,20)/t9-,10-,11?,12-/m1/s1. The molecule has 4 rings (SSSR count). The van der Waals surface area contributed by atoms with Crippen molar-refractivity contribution >= 4 is 17.6 Å². The van der Waals surface area contributed by atoms with Crippen LogP contribution in [0, 0.1) is 11.8 Å². The molecule has 3 fully saturated rings. The number of nitrogen functional groups attached to an aromatic ring is 1. The number of nitrogens with two attached hydrogens (primary N) is 2. The third kappa shape index (κ3) is 2.52. The van der Waals surface area contributed by atoms with E-state index in [0.717, 1.165) is 43.0 Å². The molecule has 0 aromatic carbocycles. The molecular weight excluding hydrogens is 264 g/mol. The quantitative estimate of drug-likeness (QED) is 0.774. The minimum atomic E-state index is 0.239. The summed E-state index contributed by atoms with van der Waals surface area (Å²) in [7, 11) is 0. The van der Waals surface area contributed by atoms with Crippen LogP contribution in [0.5, 0.6) is 0 Å². The zero-order valence-corrected chi connectivity index (χ0v) is 12.3. The molecule has 1 aliphatic heterocycles. The van der Waals surface area contributed by atoms with Crippen LogP contribution in [0.1, 0.15) is 32.1 Å². The first-order valence-electron chi connectivity index (χ1n) is 8.09. The van der Waals surface area contributed by atoms with E-state index >= 15 is 0 Å². The predicted octanol–water partition coefficient (Wildman–Crippen LogP) is 1.20. The number of nitrogens with zero attached hydrogens (tertiary/aromatic N) is 3. The Hall–Kier alpha value is -1.56. The monoisotopic (exact) mass is 288 g/mol. The third-order valence-corrected chi connectivity index (χ3v) is 5.35. The SMILES string of the molecule is Nc1nc(N[C@@H]2C[C@@H]3CC[C@@H]2C3)cc(N2CCC(N)C2)n1. The van der Waals surface area contributed by atoms with E-state index < -0.39 is 0 Å². The summed E-state index contributed by atoms with van der Waals surface area (Å²) in [6, 6.07) is 2.83. The Bertz CT molecular complexity index is 533. The first-order chi connectivity index (χ1) is 10.2. The number of hydrogen-bond donors (Lipinski definition) is 3. The normalized spacial score (nSPS) is 34.6. The Kier molecular flexibility index (Phi) is 3.14. The largest absolute Gasteiger partial charge is 0.368 e. The summed E-state index contributed by atoms with van der Waals surface area (Å²) in [5.74, 6) is 3.85. The van der Waals surface area contributed by atoms with Gasteiger partial charge in [0.05, 0.1) is 0 Å². The van der Waals surface area contributed by atoms with Crippen molar-refractivity contribution < 1.29 is 0 Å². The van der Waals surface area contributed by atoms with Crippen LogP contribution in [0.25, 0.3) is 0 Å². The molecule has 6 nitrogen and oxygen atoms in total. The van der Waals surface area contributed by atoms with Gasteiger partial charge < -0.3 is 21.7 Å². The van der Waals surface area contributed by atoms with E-state index in [9.17, 15) is 0 Å². The maximum absolute atomic E-state index is 5.98. The van der Waals surface area contributed by atoms with Gasteiger partial charge in [0.1, 0.15) is 11.6 Å². The Morgan fingerprint density at radius 2 is 2.10 bits per heavy atom. The molecular formula is C15H24N6. The molecule has 2 heterocycles. The highest BCUT2D eigenvalue weighted by atomic mass is 15.2. The second-order valence-corrected chi connectivity index (χ2v) is 6.89. The molecule has 4 atom stereocenters. The van der Waals surface area contributed by atoms with E-state index in [-0.39, 0.29) is 6.04 Å². The first-order valence-corrected chi connectivity index (χ1v) is 8.09. The molecule has 2 bridgehead atoms. The van der Waals surface area contributed by atoms with Crippen LogP contribution < -0.4 is 21.7 Å². The molecule has 114 valence electrons. The number of nitrogens with one attached hydrogen (secondary N) is 1. The molecule has 1 aromatic heterocycles. The van der Waals surface area contributed by atoms with Crippen LogP contribution in [-0.2, 0) is 0 Å². The number of aromatic nitrogens is 2. The van der Waals surface area contributed by atoms with Gasteiger partial charge in [-0.2, -0.15) is 9.97 Å². The second-order valence-electron chi connectivity index (χ2n) is 6.89. The van der Waals surface area contributed by atoms with Gasteiger partial charge in [-0.05, 0) is 37.5 Å². The average molecular weight is 288 g/mol. The van der Waals surface area contributed by atoms with Crippen molar-refractivity contribution in [3.63, 3.8) is 0 Å². The fourth-order valence-corrected chi connectivity index (χ4v) is 4.30. The highest BCUT2D eigenvalue weighted by molar-refractivity contribution is 5.53. The first kappa shape index (κ1) is 13.1. The van der Waals surface area contributed by atoms with Crippen molar-refractivity contribution in [1.82, 2.24) is 9.97 Å². The molecule has 0 spiro atoms. The fourth-order valence-electron chi connectivity index (χ4n) is 4.30. The summed E-state index contributed by atoms with van der Waals surface area (Å²) >= 11 is 0. The van der Waals surface area contributed by atoms with Crippen LogP contribution >= 0.6 is 0 Å². The minimum Gasteiger partial charge on any atom is -0.368 e. The van der Waals surface area contributed by atoms with Crippen LogP contribution in [0.3, 0.4) is 0 Å². The van der Waals surface area contributed by atoms with E-state index in [1.165, 1.54) is 25.7 Å². The van der Waals surface area contributed by atoms with Gasteiger partial charge >= 0.3 is 0 Å². The van der Waals surface area contributed by atoms with Crippen molar-refractivity contribution in [2.24, 2.45) is 17.6 Å². The highest BCUT2D eigenvalue weighted by Gasteiger charge is 2.39. The van der Waals surface area contributed by atoms with E-state index in [2.05, 4.69) is 20.2 Å². The van der Waals surface area contributed by atoms with Gasteiger partial charge in [0.25, 0.3) is 0 Å². The van der Waals surface area contributed by atoms with Gasteiger partial charge in [-0.15, -0.1) is 0 Å². The number of anilines is 3. The summed E-state index contributed by atoms with van der Waals surface area (Å²) in [6.07, 6.45) is 6.44. The topological polar surface area (TPSA) is 93.1 Å². The summed E-state index contributed by atoms with van der Waals surface area (Å²) < 4.78 is 0. The number of fused-ring (bicyclic) bond motifs is 2. The summed E-state index contributed by atoms with van der Waals surface area (Å²) in [5.41, 5.74) is 11.9. The van der Waals surface area contributed by atoms with E-state index in [4.69, 9.17) is 11.5 Å². The maximum Gasteiger partial charge on any atom is 0.223 e. The molecule has 21 heavy (non-hydrogen) atoms. The Morgan fingerprint density at radius 1 is 1.19 bits per heavy atom. The van der Waals surface area contributed by atoms with Gasteiger partial charge in [-0.3, -0.25) is 0 Å². The van der Waals surface area contributed by atoms with Gasteiger partial charge in [-0.25, -0.2) is 0 Å². The van der Waals surface area contributed by atoms with Crippen molar-refractivity contribution in [2.75, 3.05) is 29.0 Å². The van der Waals surface area contributed by atoms with Crippen molar-refractivity contribution in [1.29, 1.82) is 0 Å². The molecule has 6 heteroatoms. The van der Waals surface area contributed by atoms with Crippen molar-refractivity contribution in [3.8, 4) is 0 Å². The molecule has 0 radical (unpaired) electrons. The van der Waals surface area contributed by atoms with Gasteiger partial charge in [0.15, 0.2) is 0 Å². The van der Waals surface area contributed by atoms with Gasteiger partial charge in [0.2, 0.25) is 5.95 Å². The molecule has 2 aliphatic carbocycles. The van der Waals surface area contributed by atoms with Crippen molar-refractivity contribution in [3.05, 3.63) is 6.07 Å². The average Bonchev–Trinajstić information content (AvgIpc) is 3.14. The van der Waals surface area contributed by atoms with Gasteiger partial charge in [-0.1, -0.05) is 6.42 Å². The summed E-state index contributed by atoms with van der Waals surface area (Å²) in [5, 5.41) is 3.60. The van der Waals surface area contributed by atoms with E-state index in [1.807, 2.05) is 6.07 Å². The summed E-state index contributed by atoms with van der Waals surface area (Å²) in [6.45, 7) is 1.80. The Labute approximate surface area is 125 Å². The Balaban J connectivity index is 1.51. The lowest BCUT2D eigenvalue weighted by atomic mass is 9.95. The molecule has 1 unspecified atom stereocenters. The molecule has 0 amide bonds. The molecule has 2 saturated carbocycles. The molecule has 3 aliphatic rings. The van der Waals surface area contributed by atoms with Gasteiger partial charge in [0, 0.05) is 31.2 Å². The highest BCUT2D eigenvalue weighted by Crippen LogP contribution is 2.45. The zero-order chi connectivity index (χ0) is 14.4. The second kappa shape index (κ2) is 5.02. The lowest BCUT2D eigenvalue weighted by Gasteiger charge is -2.24. The molecule has 5 N–H and O–H groups in total. The van der Waals surface area contributed by atoms with E-state index in [0.29, 0.717) is 12.0 Å². The molecule has 1 aromatic rings. The predicted molar refractivity (Wildman–Crippen MR) is 84.1 cm³/mol. The lowest BCUT2D eigenvalue weighted by molar-refractivity contribution is 0.439. The summed E-state index contributed by atoms with van der Waals surface area (Å²) in [4.78, 5) is 10.9.